The Hall–Kier alpha value is -3.10. The molecule has 0 fully saturated rings. The van der Waals surface area contributed by atoms with E-state index < -0.39 is 12.1 Å². The molecule has 1 amide bonds. The van der Waals surface area contributed by atoms with E-state index in [9.17, 15) is 18.0 Å². The van der Waals surface area contributed by atoms with Crippen LogP contribution in [0, 0.1) is 0 Å². The molecule has 1 aromatic carbocycles. The summed E-state index contributed by atoms with van der Waals surface area (Å²) in [6.45, 7) is 4.25. The molecule has 0 unspecified atom stereocenters. The molecule has 0 aliphatic heterocycles. The van der Waals surface area contributed by atoms with E-state index >= 15 is 0 Å². The summed E-state index contributed by atoms with van der Waals surface area (Å²) >= 11 is 0. The van der Waals surface area contributed by atoms with Crippen LogP contribution in [-0.4, -0.2) is 26.6 Å². The smallest absolute Gasteiger partial charge is 0.379 e. The first kappa shape index (κ1) is 18.7. The molecule has 0 saturated heterocycles. The number of nitrogens with one attached hydrogen (secondary N) is 2. The monoisotopic (exact) mass is 377 g/mol. The number of carbonyl (C=O) groups is 1. The molecule has 0 spiro atoms. The van der Waals surface area contributed by atoms with Crippen molar-refractivity contribution in [2.24, 2.45) is 0 Å². The van der Waals surface area contributed by atoms with Gasteiger partial charge in [-0.05, 0) is 19.4 Å². The molecule has 2 N–H and O–H groups in total. The van der Waals surface area contributed by atoms with Crippen molar-refractivity contribution in [2.45, 2.75) is 32.6 Å². The van der Waals surface area contributed by atoms with Crippen molar-refractivity contribution in [3.8, 4) is 0 Å². The van der Waals surface area contributed by atoms with Gasteiger partial charge in [-0.3, -0.25) is 4.79 Å². The van der Waals surface area contributed by atoms with Crippen LogP contribution in [0.3, 0.4) is 0 Å². The zero-order chi connectivity index (χ0) is 19.6. The van der Waals surface area contributed by atoms with Gasteiger partial charge in [0.25, 0.3) is 0 Å². The molecule has 9 heteroatoms. The lowest BCUT2D eigenvalue weighted by atomic mass is 10.2. The molecular weight excluding hydrogens is 359 g/mol. The number of anilines is 2. The molecule has 142 valence electrons. The normalized spacial score (nSPS) is 11.8. The van der Waals surface area contributed by atoms with Crippen LogP contribution in [0.25, 0.3) is 11.2 Å². The van der Waals surface area contributed by atoms with Crippen molar-refractivity contribution >= 4 is 28.6 Å². The van der Waals surface area contributed by atoms with Crippen LogP contribution in [0.5, 0.6) is 0 Å². The van der Waals surface area contributed by atoms with Gasteiger partial charge in [-0.1, -0.05) is 30.3 Å². The number of imidazole rings is 1. The van der Waals surface area contributed by atoms with Crippen molar-refractivity contribution in [2.75, 3.05) is 10.6 Å². The lowest BCUT2D eigenvalue weighted by Crippen LogP contribution is -2.30. The minimum absolute atomic E-state index is 0.00181. The molecule has 0 atom stereocenters. The predicted molar refractivity (Wildman–Crippen MR) is 96.4 cm³/mol. The van der Waals surface area contributed by atoms with Gasteiger partial charge in [-0.25, -0.2) is 9.97 Å². The summed E-state index contributed by atoms with van der Waals surface area (Å²) in [5, 5.41) is 4.97. The number of halogens is 3. The lowest BCUT2D eigenvalue weighted by molar-refractivity contribution is -0.167. The average molecular weight is 377 g/mol. The second kappa shape index (κ2) is 7.26. The van der Waals surface area contributed by atoms with E-state index in [4.69, 9.17) is 0 Å². The summed E-state index contributed by atoms with van der Waals surface area (Å²) in [5.74, 6) is -2.26. The van der Waals surface area contributed by atoms with Gasteiger partial charge in [0, 0.05) is 18.7 Å². The molecule has 0 bridgehead atoms. The van der Waals surface area contributed by atoms with Crippen LogP contribution in [0.15, 0.2) is 42.7 Å². The maximum atomic E-state index is 12.6. The fraction of sp³-hybridized carbons (Fsp3) is 0.278. The Morgan fingerprint density at radius 1 is 1.22 bits per heavy atom. The highest BCUT2D eigenvalue weighted by molar-refractivity contribution is 5.97. The molecule has 27 heavy (non-hydrogen) atoms. The predicted octanol–water partition coefficient (Wildman–Crippen LogP) is 4.13. The molecule has 0 saturated carbocycles. The Labute approximate surface area is 153 Å². The number of amides is 1. The van der Waals surface area contributed by atoms with Gasteiger partial charge in [-0.15, -0.1) is 0 Å². The van der Waals surface area contributed by atoms with E-state index in [2.05, 4.69) is 15.3 Å². The van der Waals surface area contributed by atoms with Crippen molar-refractivity contribution in [1.82, 2.24) is 14.5 Å². The second-order valence-corrected chi connectivity index (χ2v) is 6.26. The van der Waals surface area contributed by atoms with Crippen molar-refractivity contribution in [3.05, 3.63) is 48.3 Å². The van der Waals surface area contributed by atoms with Gasteiger partial charge < -0.3 is 15.2 Å². The summed E-state index contributed by atoms with van der Waals surface area (Å²) in [5.41, 5.74) is 2.39. The number of hydrogen-bond acceptors (Lipinski definition) is 4. The van der Waals surface area contributed by atoms with E-state index in [0.29, 0.717) is 23.4 Å². The number of carbonyl (C=O) groups excluding carboxylic acids is 1. The summed E-state index contributed by atoms with van der Waals surface area (Å²) in [6.07, 6.45) is -3.42. The Morgan fingerprint density at radius 2 is 1.93 bits per heavy atom. The summed E-state index contributed by atoms with van der Waals surface area (Å²) in [4.78, 5) is 19.8. The molecular formula is C18H18F3N5O. The van der Waals surface area contributed by atoms with E-state index in [1.165, 1.54) is 6.07 Å². The number of aromatic nitrogens is 3. The van der Waals surface area contributed by atoms with Gasteiger partial charge in [-0.2, -0.15) is 13.2 Å². The second-order valence-electron chi connectivity index (χ2n) is 6.26. The van der Waals surface area contributed by atoms with Gasteiger partial charge in [0.2, 0.25) is 0 Å². The van der Waals surface area contributed by atoms with E-state index in [1.54, 1.807) is 10.9 Å². The van der Waals surface area contributed by atoms with Gasteiger partial charge in [0.05, 0.1) is 12.0 Å². The summed E-state index contributed by atoms with van der Waals surface area (Å²) in [7, 11) is 0. The number of fused-ring (bicyclic) bond motifs is 1. The quantitative estimate of drug-likeness (QED) is 0.701. The first-order chi connectivity index (χ1) is 12.8. The lowest BCUT2D eigenvalue weighted by Gasteiger charge is -2.13. The number of rotatable bonds is 5. The van der Waals surface area contributed by atoms with Gasteiger partial charge in [0.1, 0.15) is 11.3 Å². The molecule has 6 nitrogen and oxygen atoms in total. The standard InChI is InChI=1S/C18H18F3N5O/c1-11(2)26-10-23-15-13(22-9-12-6-4-3-5-7-12)8-14(24-16(15)26)25-17(27)18(19,20)21/h3-8,10-11H,9H2,1-2H3,(H2,22,24,25,27). The van der Waals surface area contributed by atoms with Crippen molar-refractivity contribution in [3.63, 3.8) is 0 Å². The van der Waals surface area contributed by atoms with Gasteiger partial charge >= 0.3 is 12.1 Å². The third-order valence-electron chi connectivity index (χ3n) is 3.91. The zero-order valence-corrected chi connectivity index (χ0v) is 14.7. The topological polar surface area (TPSA) is 71.8 Å². The van der Waals surface area contributed by atoms with E-state index in [1.807, 2.05) is 49.5 Å². The third kappa shape index (κ3) is 4.18. The fourth-order valence-corrected chi connectivity index (χ4v) is 2.56. The number of hydrogen-bond donors (Lipinski definition) is 2. The van der Waals surface area contributed by atoms with Crippen LogP contribution < -0.4 is 10.6 Å². The Kier molecular flexibility index (Phi) is 5.02. The minimum Gasteiger partial charge on any atom is -0.379 e. The zero-order valence-electron chi connectivity index (χ0n) is 14.7. The molecule has 0 aliphatic carbocycles. The Bertz CT molecular complexity index is 951. The first-order valence-electron chi connectivity index (χ1n) is 8.29. The maximum absolute atomic E-state index is 12.6. The molecule has 2 heterocycles. The number of alkyl halides is 3. The third-order valence-corrected chi connectivity index (χ3v) is 3.91. The van der Waals surface area contributed by atoms with Crippen LogP contribution in [-0.2, 0) is 11.3 Å². The Balaban J connectivity index is 1.98. The molecule has 0 radical (unpaired) electrons. The SMILES string of the molecule is CC(C)n1cnc2c(NCc3ccccc3)cc(NC(=O)C(F)(F)F)nc21. The molecule has 3 aromatic rings. The molecule has 2 aromatic heterocycles. The van der Waals surface area contributed by atoms with Gasteiger partial charge in [0.15, 0.2) is 5.65 Å². The van der Waals surface area contributed by atoms with Crippen LogP contribution in [0.2, 0.25) is 0 Å². The number of nitrogens with zero attached hydrogens (tertiary/aromatic N) is 3. The molecule has 3 rings (SSSR count). The van der Waals surface area contributed by atoms with Crippen LogP contribution >= 0.6 is 0 Å². The van der Waals surface area contributed by atoms with Crippen LogP contribution in [0.1, 0.15) is 25.5 Å². The first-order valence-corrected chi connectivity index (χ1v) is 8.29. The van der Waals surface area contributed by atoms with Crippen molar-refractivity contribution in [1.29, 1.82) is 0 Å². The number of benzene rings is 1. The minimum atomic E-state index is -4.99. The largest absolute Gasteiger partial charge is 0.471 e. The van der Waals surface area contributed by atoms with Crippen molar-refractivity contribution < 1.29 is 18.0 Å². The highest BCUT2D eigenvalue weighted by atomic mass is 19.4. The number of pyridine rings is 1. The van der Waals surface area contributed by atoms with E-state index in [-0.39, 0.29) is 11.9 Å². The highest BCUT2D eigenvalue weighted by Crippen LogP contribution is 2.27. The summed E-state index contributed by atoms with van der Waals surface area (Å²) < 4.78 is 39.5. The Morgan fingerprint density at radius 3 is 2.56 bits per heavy atom. The van der Waals surface area contributed by atoms with Crippen LogP contribution in [0.4, 0.5) is 24.7 Å². The van der Waals surface area contributed by atoms with E-state index in [0.717, 1.165) is 5.56 Å². The molecule has 0 aliphatic rings. The summed E-state index contributed by atoms with van der Waals surface area (Å²) in [6, 6.07) is 10.9. The average Bonchev–Trinajstić information content (AvgIpc) is 3.04. The fourth-order valence-electron chi connectivity index (χ4n) is 2.56. The highest BCUT2D eigenvalue weighted by Gasteiger charge is 2.39. The maximum Gasteiger partial charge on any atom is 0.471 e.